The normalized spacial score (nSPS) is 31.2. The zero-order valence-electron chi connectivity index (χ0n) is 37.4. The molecule has 7 atom stereocenters. The molecule has 0 unspecified atom stereocenters. The standard InChI is InChI=1S/C48H64IN6O9S/c1-3-39-48(49-39,45(58)53-65(60,61)47(2)23-24-47)52-42(56)37-29-33-30-55(37)44(57)40(32-16-7-8-17-32)51-46(59)64-38-22-13-18-31(38)15-5-4-6-20-35-41(62-28-14-27-54-25-11-12-26-54)34-19-9-10-21-36(34)50-43(35)63-33/h3-4,6,9-10,19,21,31-33,37-40H,1,5,7-8,11-18,20,22-30H2,2H3,(H,51,59)(H,52,56)(H,53,58)/q-1/b6-4+/t31-,33-,37+,38-,39+,40+,48-/m1/s1. The predicted octanol–water partition coefficient (Wildman–Crippen LogP) is 2.26. The maximum absolute atomic E-state index is 15.1. The Morgan fingerprint density at radius 3 is 2.54 bits per heavy atom. The van der Waals surface area contributed by atoms with Crippen molar-refractivity contribution >= 4 is 44.7 Å². The van der Waals surface area contributed by atoms with Gasteiger partial charge in [0.1, 0.15) is 0 Å². The van der Waals surface area contributed by atoms with Gasteiger partial charge in [-0.3, -0.25) is 0 Å². The van der Waals surface area contributed by atoms with Crippen LogP contribution in [-0.4, -0.2) is 116 Å². The molecule has 17 heteroatoms. The second kappa shape index (κ2) is 19.3. The van der Waals surface area contributed by atoms with Gasteiger partial charge in [-0.25, -0.2) is 0 Å². The van der Waals surface area contributed by atoms with E-state index in [9.17, 15) is 22.8 Å². The van der Waals surface area contributed by atoms with Gasteiger partial charge in [-0.1, -0.05) is 6.07 Å². The molecule has 15 nitrogen and oxygen atoms in total. The molecule has 0 spiro atoms. The maximum atomic E-state index is 15.1. The Bertz CT molecular complexity index is 2300. The molecule has 0 radical (unpaired) electrons. The van der Waals surface area contributed by atoms with Crippen LogP contribution in [0.1, 0.15) is 109 Å². The molecule has 9 rings (SSSR count). The Kier molecular flexibility index (Phi) is 13.7. The summed E-state index contributed by atoms with van der Waals surface area (Å²) in [6, 6.07) is 5.77. The summed E-state index contributed by atoms with van der Waals surface area (Å²) in [4.78, 5) is 66.7. The summed E-state index contributed by atoms with van der Waals surface area (Å²) < 4.78 is 45.6. The van der Waals surface area contributed by atoms with Gasteiger partial charge in [0.15, 0.2) is 0 Å². The fourth-order valence-electron chi connectivity index (χ4n) is 10.6. The van der Waals surface area contributed by atoms with E-state index in [1.165, 1.54) is 17.7 Å². The number of nitrogens with zero attached hydrogens (tertiary/aromatic N) is 3. The van der Waals surface area contributed by atoms with Crippen LogP contribution in [0.4, 0.5) is 4.79 Å². The number of fused-ring (bicyclic) bond motifs is 5. The summed E-state index contributed by atoms with van der Waals surface area (Å²) in [5.41, 5.74) is 1.48. The summed E-state index contributed by atoms with van der Waals surface area (Å²) in [6.07, 6.45) is 16.6. The molecule has 4 amide bonds. The third-order valence-corrected chi connectivity index (χ3v) is 20.9. The number of rotatable bonds is 12. The van der Waals surface area contributed by atoms with E-state index in [1.54, 1.807) is 13.0 Å². The van der Waals surface area contributed by atoms with Gasteiger partial charge in [0.25, 0.3) is 0 Å². The number of ether oxygens (including phenoxy) is 3. The molecule has 3 aliphatic carbocycles. The number of halogens is 1. The molecule has 1 aromatic carbocycles. The Balaban J connectivity index is 1.06. The van der Waals surface area contributed by atoms with Crippen molar-refractivity contribution in [2.75, 3.05) is 32.8 Å². The second-order valence-electron chi connectivity index (χ2n) is 19.4. The van der Waals surface area contributed by atoms with E-state index in [2.05, 4.69) is 39.0 Å². The number of hydrogen-bond acceptors (Lipinski definition) is 11. The van der Waals surface area contributed by atoms with Crippen molar-refractivity contribution in [2.45, 2.75) is 146 Å². The van der Waals surface area contributed by atoms with Gasteiger partial charge in [-0.15, -0.1) is 0 Å². The van der Waals surface area contributed by atoms with E-state index in [1.807, 2.05) is 24.3 Å². The summed E-state index contributed by atoms with van der Waals surface area (Å²) in [6.45, 7) is 9.18. The molecule has 2 bridgehead atoms. The van der Waals surface area contributed by atoms with Gasteiger partial charge >= 0.3 is 319 Å². The molecular weight excluding hydrogens is 964 g/mol. The van der Waals surface area contributed by atoms with Crippen LogP contribution < -0.4 is 46.0 Å². The number of para-hydroxylation sites is 1. The first-order chi connectivity index (χ1) is 31.4. The number of alkyl halides is 2. The van der Waals surface area contributed by atoms with Crippen molar-refractivity contribution in [1.82, 2.24) is 30.1 Å². The number of sulfonamides is 1. The average molecular weight is 1030 g/mol. The van der Waals surface area contributed by atoms with Gasteiger partial charge in [0.05, 0.1) is 0 Å². The van der Waals surface area contributed by atoms with Crippen LogP contribution in [0.5, 0.6) is 11.6 Å². The minimum absolute atomic E-state index is 0.00322. The van der Waals surface area contributed by atoms with Crippen molar-refractivity contribution in [2.24, 2.45) is 11.8 Å². The first-order valence-corrected chi connectivity index (χ1v) is 27.7. The van der Waals surface area contributed by atoms with E-state index in [0.29, 0.717) is 43.0 Å². The molecular formula is C48H64IN6O9S-. The number of alkyl carbamates (subject to hydrolysis) is 1. The van der Waals surface area contributed by atoms with E-state index in [4.69, 9.17) is 19.2 Å². The number of likely N-dealkylation sites (tertiary alicyclic amines) is 1. The SMILES string of the molecule is C=C[C@@H]1[I-][C@]1(NC(=O)[C@@H]1C[C@@H]2CN1C(=O)[C@H](C1CCCC1)NC(=O)O[C@@H]1CCC[C@H]1CC/C=C/Cc1c(nc3ccccc3c1OCCCN1CCCC1)O2)C(=O)NS(=O)(=O)C1(C)CC1. The number of carbonyl (C=O) groups is 4. The number of benzene rings is 1. The van der Waals surface area contributed by atoms with E-state index < -0.39 is 85.4 Å². The summed E-state index contributed by atoms with van der Waals surface area (Å²) in [5.74, 6) is -0.709. The minimum atomic E-state index is -3.99. The summed E-state index contributed by atoms with van der Waals surface area (Å²) in [7, 11) is -3.99. The van der Waals surface area contributed by atoms with E-state index in [-0.39, 0.29) is 30.9 Å². The van der Waals surface area contributed by atoms with Gasteiger partial charge in [-0.05, 0) is 58.0 Å². The third-order valence-electron chi connectivity index (χ3n) is 14.8. The zero-order chi connectivity index (χ0) is 45.3. The zero-order valence-corrected chi connectivity index (χ0v) is 40.4. The Hall–Kier alpha value is -3.97. The number of amides is 4. The topological polar surface area (TPSA) is 186 Å². The number of carbonyl (C=O) groups excluding carboxylic acids is 4. The van der Waals surface area contributed by atoms with Crippen LogP contribution in [0.25, 0.3) is 10.9 Å². The van der Waals surface area contributed by atoms with Crippen LogP contribution in [0.2, 0.25) is 0 Å². The number of allylic oxidation sites excluding steroid dienone is 2. The molecule has 3 saturated carbocycles. The number of aromatic nitrogens is 1. The Labute approximate surface area is 392 Å². The number of hydrogen-bond donors (Lipinski definition) is 3. The molecule has 4 aliphatic heterocycles. The predicted molar refractivity (Wildman–Crippen MR) is 240 cm³/mol. The quantitative estimate of drug-likeness (QED) is 0.0932. The van der Waals surface area contributed by atoms with Crippen molar-refractivity contribution in [3.8, 4) is 11.6 Å². The van der Waals surface area contributed by atoms with Crippen molar-refractivity contribution in [1.29, 1.82) is 0 Å². The van der Waals surface area contributed by atoms with Crippen LogP contribution >= 0.6 is 0 Å². The fourth-order valence-corrected chi connectivity index (χ4v) is 14.8. The second-order valence-corrected chi connectivity index (χ2v) is 25.2. The fraction of sp³-hybridized carbons (Fsp3) is 0.646. The average Bonchev–Trinajstić information content (AvgIpc) is 3.73. The van der Waals surface area contributed by atoms with Crippen molar-refractivity contribution < 1.29 is 63.0 Å². The summed E-state index contributed by atoms with van der Waals surface area (Å²) >= 11 is -1.07. The van der Waals surface area contributed by atoms with Crippen molar-refractivity contribution in [3.63, 3.8) is 0 Å². The van der Waals surface area contributed by atoms with Crippen LogP contribution in [-0.2, 0) is 35.6 Å². The third kappa shape index (κ3) is 9.88. The molecule has 5 heterocycles. The molecule has 1 aromatic heterocycles. The molecule has 7 aliphatic rings. The first kappa shape index (κ1) is 46.2. The molecule has 3 saturated heterocycles. The number of nitrogens with one attached hydrogen (secondary N) is 3. The van der Waals surface area contributed by atoms with Crippen LogP contribution in [0.15, 0.2) is 49.1 Å². The summed E-state index contributed by atoms with van der Waals surface area (Å²) in [5, 5.41) is 6.82. The molecule has 354 valence electrons. The molecule has 3 N–H and O–H groups in total. The van der Waals surface area contributed by atoms with Crippen LogP contribution in [0.3, 0.4) is 0 Å². The van der Waals surface area contributed by atoms with Gasteiger partial charge in [0, 0.05) is 6.54 Å². The number of pyridine rings is 1. The van der Waals surface area contributed by atoms with Gasteiger partial charge in [0.2, 0.25) is 0 Å². The molecule has 6 fully saturated rings. The van der Waals surface area contributed by atoms with Gasteiger partial charge < -0.3 is 4.90 Å². The van der Waals surface area contributed by atoms with E-state index >= 15 is 4.79 Å². The van der Waals surface area contributed by atoms with E-state index in [0.717, 1.165) is 94.8 Å². The molecule has 2 aromatic rings. The van der Waals surface area contributed by atoms with Crippen LogP contribution in [0, 0.1) is 11.8 Å². The monoisotopic (exact) mass is 1030 g/mol. The van der Waals surface area contributed by atoms with Crippen molar-refractivity contribution in [3.05, 3.63) is 54.6 Å². The Morgan fingerprint density at radius 2 is 1.78 bits per heavy atom. The Morgan fingerprint density at radius 1 is 1.02 bits per heavy atom. The molecule has 65 heavy (non-hydrogen) atoms. The van der Waals surface area contributed by atoms with Gasteiger partial charge in [-0.2, -0.15) is 0 Å². The first-order valence-electron chi connectivity index (χ1n) is 23.9.